The van der Waals surface area contributed by atoms with E-state index in [0.717, 1.165) is 50.2 Å². The van der Waals surface area contributed by atoms with Crippen LogP contribution < -0.4 is 0 Å². The molecule has 0 radical (unpaired) electrons. The van der Waals surface area contributed by atoms with E-state index in [-0.39, 0.29) is 11.3 Å². The van der Waals surface area contributed by atoms with E-state index in [2.05, 4.69) is 71.0 Å². The SMILES string of the molecule is Cc1nc2ccccc2n1C1C[C@H]2CC[C@@H](C1)N2CCC1(c2ccccc2)CCN(C(=O)c2ccc(Cl)c(Cl)c2)CC1. The molecule has 1 amide bonds. The zero-order chi connectivity index (χ0) is 28.8. The van der Waals surface area contributed by atoms with Crippen LogP contribution in [0.5, 0.6) is 0 Å². The van der Waals surface area contributed by atoms with Crippen molar-refractivity contribution in [2.75, 3.05) is 19.6 Å². The van der Waals surface area contributed by atoms with Gasteiger partial charge >= 0.3 is 0 Å². The van der Waals surface area contributed by atoms with Gasteiger partial charge in [0.1, 0.15) is 5.82 Å². The number of para-hydroxylation sites is 2. The fourth-order valence-corrected chi connectivity index (χ4v) is 8.51. The Balaban J connectivity index is 1.06. The molecule has 218 valence electrons. The Kier molecular flexibility index (Phi) is 7.54. The van der Waals surface area contributed by atoms with Gasteiger partial charge in [-0.15, -0.1) is 0 Å². The highest BCUT2D eigenvalue weighted by atomic mass is 35.5. The Morgan fingerprint density at radius 1 is 0.881 bits per heavy atom. The molecule has 1 unspecified atom stereocenters. The lowest BCUT2D eigenvalue weighted by molar-refractivity contribution is 0.0607. The van der Waals surface area contributed by atoms with Crippen molar-refractivity contribution in [3.63, 3.8) is 0 Å². The molecule has 0 aliphatic carbocycles. The number of halogens is 2. The number of carbonyl (C=O) groups excluding carboxylic acids is 1. The monoisotopic (exact) mass is 600 g/mol. The highest BCUT2D eigenvalue weighted by Crippen LogP contribution is 2.45. The minimum absolute atomic E-state index is 0.0395. The number of likely N-dealkylation sites (tertiary alicyclic amines) is 1. The Hall–Kier alpha value is -2.86. The van der Waals surface area contributed by atoms with Gasteiger partial charge in [0.25, 0.3) is 5.91 Å². The molecule has 7 heteroatoms. The largest absolute Gasteiger partial charge is 0.339 e. The van der Waals surface area contributed by atoms with E-state index in [9.17, 15) is 4.79 Å². The van der Waals surface area contributed by atoms with E-state index in [1.54, 1.807) is 18.2 Å². The van der Waals surface area contributed by atoms with Gasteiger partial charge in [-0.05, 0) is 99.7 Å². The van der Waals surface area contributed by atoms with Crippen LogP contribution in [-0.2, 0) is 5.41 Å². The normalized spacial score (nSPS) is 23.9. The maximum atomic E-state index is 13.4. The summed E-state index contributed by atoms with van der Waals surface area (Å²) in [4.78, 5) is 23.1. The van der Waals surface area contributed by atoms with E-state index in [0.29, 0.717) is 33.7 Å². The molecule has 0 spiro atoms. The van der Waals surface area contributed by atoms with Crippen LogP contribution in [0.3, 0.4) is 0 Å². The second-order valence-electron chi connectivity index (χ2n) is 12.6. The van der Waals surface area contributed by atoms with Crippen LogP contribution in [0.15, 0.2) is 72.8 Å². The van der Waals surface area contributed by atoms with Crippen LogP contribution in [-0.4, -0.2) is 57.0 Å². The highest BCUT2D eigenvalue weighted by Gasteiger charge is 2.44. The zero-order valence-corrected chi connectivity index (χ0v) is 25.7. The number of amides is 1. The average molecular weight is 602 g/mol. The third-order valence-corrected chi connectivity index (χ3v) is 11.1. The second-order valence-corrected chi connectivity index (χ2v) is 13.4. The highest BCUT2D eigenvalue weighted by molar-refractivity contribution is 6.42. The number of imidazole rings is 1. The number of rotatable bonds is 6. The lowest BCUT2D eigenvalue weighted by atomic mass is 9.70. The summed E-state index contributed by atoms with van der Waals surface area (Å²) in [6.07, 6.45) is 8.03. The van der Waals surface area contributed by atoms with Crippen molar-refractivity contribution in [1.29, 1.82) is 0 Å². The minimum Gasteiger partial charge on any atom is -0.339 e. The van der Waals surface area contributed by atoms with Gasteiger partial charge in [-0.3, -0.25) is 9.69 Å². The lowest BCUT2D eigenvalue weighted by Crippen LogP contribution is -2.49. The summed E-state index contributed by atoms with van der Waals surface area (Å²) in [6, 6.07) is 26.6. The van der Waals surface area contributed by atoms with E-state index in [1.165, 1.54) is 36.8 Å². The van der Waals surface area contributed by atoms with Crippen molar-refractivity contribution in [2.45, 2.75) is 75.4 Å². The molecule has 1 aromatic heterocycles. The zero-order valence-electron chi connectivity index (χ0n) is 24.2. The maximum Gasteiger partial charge on any atom is 0.253 e. The summed E-state index contributed by atoms with van der Waals surface area (Å²) in [5.74, 6) is 1.18. The van der Waals surface area contributed by atoms with Gasteiger partial charge in [0.15, 0.2) is 0 Å². The molecule has 0 saturated carbocycles. The number of piperidine rings is 2. The number of hydrogen-bond donors (Lipinski definition) is 0. The van der Waals surface area contributed by atoms with Crippen molar-refractivity contribution in [3.05, 3.63) is 99.8 Å². The molecule has 3 fully saturated rings. The molecule has 3 aliphatic rings. The third kappa shape index (κ3) is 5.04. The molecule has 3 aromatic carbocycles. The first-order chi connectivity index (χ1) is 20.4. The predicted molar refractivity (Wildman–Crippen MR) is 171 cm³/mol. The molecule has 2 bridgehead atoms. The Labute approximate surface area is 258 Å². The quantitative estimate of drug-likeness (QED) is 0.224. The molecule has 4 heterocycles. The fourth-order valence-electron chi connectivity index (χ4n) is 8.21. The van der Waals surface area contributed by atoms with Gasteiger partial charge in [-0.25, -0.2) is 4.98 Å². The van der Waals surface area contributed by atoms with Crippen molar-refractivity contribution in [2.24, 2.45) is 0 Å². The molecule has 5 nitrogen and oxygen atoms in total. The first-order valence-corrected chi connectivity index (χ1v) is 16.2. The van der Waals surface area contributed by atoms with Crippen LogP contribution in [0.2, 0.25) is 10.0 Å². The molecule has 3 atom stereocenters. The van der Waals surface area contributed by atoms with Gasteiger partial charge in [0.2, 0.25) is 0 Å². The summed E-state index contributed by atoms with van der Waals surface area (Å²) < 4.78 is 2.52. The van der Waals surface area contributed by atoms with E-state index < -0.39 is 0 Å². The van der Waals surface area contributed by atoms with Crippen LogP contribution in [0.25, 0.3) is 11.0 Å². The standard InChI is InChI=1S/C35H38Cl2N4O/c1-24-38-32-9-5-6-10-33(32)41(24)29-22-27-12-13-28(23-29)40(27)20-17-35(26-7-3-2-4-8-26)15-18-39(19-16-35)34(42)25-11-14-30(36)31(37)21-25/h2-11,14,21,27-29H,12-13,15-20,22-23H2,1H3/t27-,28+,29?. The fraction of sp³-hybridized carbons (Fsp3) is 0.429. The number of aromatic nitrogens is 2. The summed E-state index contributed by atoms with van der Waals surface area (Å²) in [5, 5.41) is 0.898. The van der Waals surface area contributed by atoms with Gasteiger partial charge in [0, 0.05) is 36.8 Å². The lowest BCUT2D eigenvalue weighted by Gasteiger charge is -2.45. The van der Waals surface area contributed by atoms with Crippen LogP contribution >= 0.6 is 23.2 Å². The first-order valence-electron chi connectivity index (χ1n) is 15.4. The molecule has 7 rings (SSSR count). The average Bonchev–Trinajstić information content (AvgIpc) is 3.48. The summed E-state index contributed by atoms with van der Waals surface area (Å²) in [5.41, 5.74) is 4.48. The topological polar surface area (TPSA) is 41.4 Å². The number of hydrogen-bond acceptors (Lipinski definition) is 3. The van der Waals surface area contributed by atoms with E-state index in [1.807, 2.05) is 4.90 Å². The molecular weight excluding hydrogens is 563 g/mol. The summed E-state index contributed by atoms with van der Waals surface area (Å²) in [6.45, 7) is 4.77. The Morgan fingerprint density at radius 3 is 2.29 bits per heavy atom. The van der Waals surface area contributed by atoms with Gasteiger partial charge < -0.3 is 9.47 Å². The molecule has 3 saturated heterocycles. The number of aryl methyl sites for hydroxylation is 1. The summed E-state index contributed by atoms with van der Waals surface area (Å²) >= 11 is 12.3. The second kappa shape index (κ2) is 11.3. The van der Waals surface area contributed by atoms with Crippen molar-refractivity contribution in [1.82, 2.24) is 19.4 Å². The maximum absolute atomic E-state index is 13.4. The van der Waals surface area contributed by atoms with Crippen LogP contribution in [0.1, 0.15) is 72.7 Å². The molecular formula is C35H38Cl2N4O. The molecule has 4 aromatic rings. The van der Waals surface area contributed by atoms with E-state index in [4.69, 9.17) is 28.2 Å². The number of benzene rings is 3. The minimum atomic E-state index is 0.0395. The van der Waals surface area contributed by atoms with Crippen molar-refractivity contribution in [3.8, 4) is 0 Å². The van der Waals surface area contributed by atoms with Gasteiger partial charge in [-0.2, -0.15) is 0 Å². The third-order valence-electron chi connectivity index (χ3n) is 10.4. The Morgan fingerprint density at radius 2 is 1.57 bits per heavy atom. The van der Waals surface area contributed by atoms with Crippen LogP contribution in [0.4, 0.5) is 0 Å². The van der Waals surface area contributed by atoms with Crippen LogP contribution in [0, 0.1) is 6.92 Å². The van der Waals surface area contributed by atoms with Gasteiger partial charge in [-0.1, -0.05) is 65.7 Å². The number of fused-ring (bicyclic) bond motifs is 3. The van der Waals surface area contributed by atoms with Crippen molar-refractivity contribution >= 4 is 40.1 Å². The molecule has 0 N–H and O–H groups in total. The summed E-state index contributed by atoms with van der Waals surface area (Å²) in [7, 11) is 0. The molecule has 3 aliphatic heterocycles. The smallest absolute Gasteiger partial charge is 0.253 e. The number of carbonyl (C=O) groups is 1. The van der Waals surface area contributed by atoms with E-state index >= 15 is 0 Å². The first kappa shape index (κ1) is 27.9. The number of nitrogens with zero attached hydrogens (tertiary/aromatic N) is 4. The predicted octanol–water partition coefficient (Wildman–Crippen LogP) is 8.08. The van der Waals surface area contributed by atoms with Crippen molar-refractivity contribution < 1.29 is 4.79 Å². The Bertz CT molecular complexity index is 1580. The van der Waals surface area contributed by atoms with Gasteiger partial charge in [0.05, 0.1) is 21.1 Å². The molecule has 42 heavy (non-hydrogen) atoms.